The number of aliphatic carboxylic acids is 1. The number of carboxylic acid groups (broad SMARTS) is 1. The maximum absolute atomic E-state index is 13.2. The molecule has 2 aromatic rings. The van der Waals surface area contributed by atoms with Crippen molar-refractivity contribution < 1.29 is 43.8 Å². The number of halogens is 1. The standard InChI is InChI=1S/C24H40O5.C19H20FNO3/c1-13(4-7-21(28)29)16-5-6-17-22-18(12-20(27)24(16,17)3)23(2)9-8-15(25)10-14(23)11-19(22)26;20-15-3-1-13(2-4-15)17-7-8-21-10-14(17)11-22-16-5-6-18-19(9-16)24-12-23-18/h13-20,22,25-27H,4-12H2,1-3H3,(H,28,29);1-6,9,14,17,21H,7-8,10-12H2/t13-,14+,15-,16-,17+,18+,19-,20+,22+,23+,24-;14-,17-/m10/s1. The van der Waals surface area contributed by atoms with Crippen LogP contribution < -0.4 is 19.5 Å². The van der Waals surface area contributed by atoms with Crippen molar-refractivity contribution in [1.29, 1.82) is 0 Å². The van der Waals surface area contributed by atoms with Crippen LogP contribution in [-0.4, -0.2) is 71.2 Å². The third-order valence-electron chi connectivity index (χ3n) is 15.0. The highest BCUT2D eigenvalue weighted by Crippen LogP contribution is 2.68. The Hall–Kier alpha value is -2.92. The van der Waals surface area contributed by atoms with E-state index in [1.807, 2.05) is 30.3 Å². The van der Waals surface area contributed by atoms with Crippen LogP contribution in [0.2, 0.25) is 0 Å². The predicted molar refractivity (Wildman–Crippen MR) is 198 cm³/mol. The van der Waals surface area contributed by atoms with E-state index in [0.717, 1.165) is 81.7 Å². The molecular formula is C43H60FNO8. The van der Waals surface area contributed by atoms with Crippen molar-refractivity contribution in [3.63, 3.8) is 0 Å². The zero-order valence-electron chi connectivity index (χ0n) is 31.6. The zero-order chi connectivity index (χ0) is 37.5. The molecule has 292 valence electrons. The topological polar surface area (TPSA) is 138 Å². The third kappa shape index (κ3) is 7.54. The Morgan fingerprint density at radius 1 is 0.981 bits per heavy atom. The summed E-state index contributed by atoms with van der Waals surface area (Å²) in [7, 11) is 0. The fourth-order valence-corrected chi connectivity index (χ4v) is 12.1. The van der Waals surface area contributed by atoms with Crippen molar-refractivity contribution in [1.82, 2.24) is 5.32 Å². The molecule has 4 saturated carbocycles. The molecule has 0 spiro atoms. The summed E-state index contributed by atoms with van der Waals surface area (Å²) < 4.78 is 29.9. The van der Waals surface area contributed by atoms with Crippen LogP contribution in [0.25, 0.3) is 0 Å². The maximum atomic E-state index is 13.2. The van der Waals surface area contributed by atoms with Gasteiger partial charge in [-0.25, -0.2) is 4.39 Å². The van der Waals surface area contributed by atoms with E-state index >= 15 is 0 Å². The summed E-state index contributed by atoms with van der Waals surface area (Å²) in [5.41, 5.74) is 1.03. The summed E-state index contributed by atoms with van der Waals surface area (Å²) in [5.74, 6) is 3.78. The number of nitrogens with one attached hydrogen (secondary N) is 1. The van der Waals surface area contributed by atoms with Gasteiger partial charge in [-0.1, -0.05) is 32.9 Å². The van der Waals surface area contributed by atoms with Gasteiger partial charge in [0.25, 0.3) is 0 Å². The van der Waals surface area contributed by atoms with Crippen LogP contribution in [0.3, 0.4) is 0 Å². The molecule has 0 amide bonds. The monoisotopic (exact) mass is 737 g/mol. The Kier molecular flexibility index (Phi) is 11.3. The number of hydrogen-bond donors (Lipinski definition) is 5. The number of aliphatic hydroxyl groups excluding tert-OH is 3. The van der Waals surface area contributed by atoms with Gasteiger partial charge < -0.3 is 40.0 Å². The summed E-state index contributed by atoms with van der Waals surface area (Å²) in [6.45, 7) is 9.46. The van der Waals surface area contributed by atoms with E-state index in [9.17, 15) is 24.5 Å². The fourth-order valence-electron chi connectivity index (χ4n) is 12.1. The van der Waals surface area contributed by atoms with E-state index in [2.05, 4.69) is 26.1 Å². The van der Waals surface area contributed by atoms with Crippen molar-refractivity contribution in [2.24, 2.45) is 52.3 Å². The Morgan fingerprint density at radius 3 is 2.53 bits per heavy atom. The number of hydrogen-bond acceptors (Lipinski definition) is 8. The van der Waals surface area contributed by atoms with E-state index < -0.39 is 12.1 Å². The number of aliphatic hydroxyl groups is 3. The molecule has 5 fully saturated rings. The first kappa shape index (κ1) is 38.4. The predicted octanol–water partition coefficient (Wildman–Crippen LogP) is 6.78. The summed E-state index contributed by atoms with van der Waals surface area (Å²) in [6, 6.07) is 12.5. The number of ether oxygens (including phenoxy) is 3. The van der Waals surface area contributed by atoms with Crippen LogP contribution in [-0.2, 0) is 4.79 Å². The largest absolute Gasteiger partial charge is 0.493 e. The number of carbonyl (C=O) groups is 1. The molecule has 4 aliphatic carbocycles. The van der Waals surface area contributed by atoms with E-state index in [0.29, 0.717) is 48.5 Å². The molecule has 5 N–H and O–H groups in total. The van der Waals surface area contributed by atoms with Crippen LogP contribution in [0.1, 0.15) is 96.5 Å². The van der Waals surface area contributed by atoms with Gasteiger partial charge in [0, 0.05) is 24.9 Å². The quantitative estimate of drug-likeness (QED) is 0.199. The van der Waals surface area contributed by atoms with Gasteiger partial charge in [-0.3, -0.25) is 4.79 Å². The van der Waals surface area contributed by atoms with E-state index in [1.54, 1.807) is 0 Å². The van der Waals surface area contributed by atoms with Gasteiger partial charge in [-0.15, -0.1) is 0 Å². The third-order valence-corrected chi connectivity index (χ3v) is 15.0. The second-order valence-electron chi connectivity index (χ2n) is 17.7. The van der Waals surface area contributed by atoms with Gasteiger partial charge in [0.15, 0.2) is 11.5 Å². The molecule has 1 saturated heterocycles. The van der Waals surface area contributed by atoms with Crippen molar-refractivity contribution in [3.8, 4) is 17.2 Å². The maximum Gasteiger partial charge on any atom is 0.303 e. The first-order chi connectivity index (χ1) is 25.4. The average molecular weight is 738 g/mol. The number of rotatable bonds is 8. The molecule has 0 unspecified atom stereocenters. The molecule has 2 aromatic carbocycles. The van der Waals surface area contributed by atoms with Crippen LogP contribution in [0.4, 0.5) is 4.39 Å². The lowest BCUT2D eigenvalue weighted by Gasteiger charge is -2.63. The average Bonchev–Trinajstić information content (AvgIpc) is 3.76. The van der Waals surface area contributed by atoms with Gasteiger partial charge in [0.05, 0.1) is 24.9 Å². The molecule has 0 radical (unpaired) electrons. The molecule has 0 aromatic heterocycles. The Labute approximate surface area is 313 Å². The van der Waals surface area contributed by atoms with Gasteiger partial charge in [0.2, 0.25) is 6.79 Å². The molecule has 10 heteroatoms. The number of fused-ring (bicyclic) bond motifs is 6. The summed E-state index contributed by atoms with van der Waals surface area (Å²) in [5, 5.41) is 45.4. The Balaban J connectivity index is 0.000000167. The lowest BCUT2D eigenvalue weighted by atomic mass is 9.43. The molecule has 0 bridgehead atoms. The van der Waals surface area contributed by atoms with Crippen molar-refractivity contribution in [2.75, 3.05) is 26.5 Å². The first-order valence-corrected chi connectivity index (χ1v) is 20.1. The molecular weight excluding hydrogens is 677 g/mol. The van der Waals surface area contributed by atoms with Gasteiger partial charge in [-0.05, 0) is 146 Å². The minimum atomic E-state index is -0.748. The lowest BCUT2D eigenvalue weighted by molar-refractivity contribution is -0.207. The molecule has 9 nitrogen and oxygen atoms in total. The van der Waals surface area contributed by atoms with Gasteiger partial charge in [-0.2, -0.15) is 0 Å². The number of carboxylic acids is 1. The van der Waals surface area contributed by atoms with Gasteiger partial charge in [0.1, 0.15) is 11.6 Å². The first-order valence-electron chi connectivity index (χ1n) is 20.1. The van der Waals surface area contributed by atoms with E-state index in [4.69, 9.17) is 19.3 Å². The summed E-state index contributed by atoms with van der Waals surface area (Å²) in [6.07, 6.45) is 7.03. The summed E-state index contributed by atoms with van der Waals surface area (Å²) >= 11 is 0. The molecule has 6 aliphatic rings. The van der Waals surface area contributed by atoms with E-state index in [1.165, 1.54) is 17.7 Å². The van der Waals surface area contributed by atoms with Crippen LogP contribution in [0.5, 0.6) is 17.2 Å². The highest BCUT2D eigenvalue weighted by atomic mass is 19.1. The fraction of sp³-hybridized carbons (Fsp3) is 0.698. The van der Waals surface area contributed by atoms with Crippen molar-refractivity contribution >= 4 is 5.97 Å². The Morgan fingerprint density at radius 2 is 1.75 bits per heavy atom. The second-order valence-corrected chi connectivity index (χ2v) is 17.7. The molecule has 13 atom stereocenters. The van der Waals surface area contributed by atoms with Gasteiger partial charge >= 0.3 is 5.97 Å². The van der Waals surface area contributed by atoms with Crippen LogP contribution in [0, 0.1) is 58.1 Å². The van der Waals surface area contributed by atoms with Crippen molar-refractivity contribution in [3.05, 3.63) is 53.8 Å². The van der Waals surface area contributed by atoms with Crippen LogP contribution in [0.15, 0.2) is 42.5 Å². The minimum Gasteiger partial charge on any atom is -0.493 e. The number of piperidine rings is 1. The molecule has 2 aliphatic heterocycles. The van der Waals surface area contributed by atoms with Crippen LogP contribution >= 0.6 is 0 Å². The van der Waals surface area contributed by atoms with E-state index in [-0.39, 0.29) is 53.9 Å². The smallest absolute Gasteiger partial charge is 0.303 e. The second kappa shape index (κ2) is 15.7. The minimum absolute atomic E-state index is 0.0957. The van der Waals surface area contributed by atoms with Crippen molar-refractivity contribution in [2.45, 2.75) is 109 Å². The molecule has 53 heavy (non-hydrogen) atoms. The SMILES string of the molecule is C[C@H](CCC(=O)O)[C@H]1CC[C@H]2[C@@H]3[C@H](O)C[C@@H]4C[C@H](O)CC[C@]4(C)[C@H]3C[C@H](O)[C@]12C.Fc1ccc([C@@H]2CCNC[C@H]2COc2ccc3c(c2)OCO3)cc1. The highest BCUT2D eigenvalue weighted by Gasteiger charge is 2.65. The highest BCUT2D eigenvalue weighted by molar-refractivity contribution is 5.66. The Bertz CT molecular complexity index is 1570. The zero-order valence-corrected chi connectivity index (χ0v) is 31.6. The summed E-state index contributed by atoms with van der Waals surface area (Å²) in [4.78, 5) is 11.1. The molecule has 2 heterocycles. The lowest BCUT2D eigenvalue weighted by Crippen LogP contribution is -2.62. The number of benzene rings is 2. The molecule has 8 rings (SSSR count). The normalized spacial score (nSPS) is 39.1.